The summed E-state index contributed by atoms with van der Waals surface area (Å²) in [5.41, 5.74) is 1.82. The molecule has 1 heterocycles. The minimum atomic E-state index is -0.588. The maximum Gasteiger partial charge on any atom is 0.0836 e. The van der Waals surface area contributed by atoms with Crippen LogP contribution in [0.2, 0.25) is 0 Å². The predicted octanol–water partition coefficient (Wildman–Crippen LogP) is 4.32. The number of aliphatic hydroxyl groups excluding tert-OH is 3. The highest BCUT2D eigenvalue weighted by molar-refractivity contribution is 5.27. The maximum absolute atomic E-state index is 10.5. The van der Waals surface area contributed by atoms with Crippen molar-refractivity contribution in [1.29, 1.82) is 0 Å². The molecule has 0 aromatic carbocycles. The lowest BCUT2D eigenvalue weighted by Gasteiger charge is -2.58. The van der Waals surface area contributed by atoms with Crippen molar-refractivity contribution in [3.8, 4) is 0 Å². The highest BCUT2D eigenvalue weighted by Crippen LogP contribution is 2.69. The second-order valence-electron chi connectivity index (χ2n) is 12.5. The third kappa shape index (κ3) is 3.30. The van der Waals surface area contributed by atoms with Crippen LogP contribution in [0.15, 0.2) is 11.6 Å². The van der Waals surface area contributed by atoms with E-state index in [9.17, 15) is 15.3 Å². The van der Waals surface area contributed by atoms with E-state index in [1.807, 2.05) is 0 Å². The Morgan fingerprint density at radius 3 is 2.71 bits per heavy atom. The fourth-order valence-electron chi connectivity index (χ4n) is 9.24. The van der Waals surface area contributed by atoms with Gasteiger partial charge in [0.05, 0.1) is 24.4 Å². The molecule has 0 radical (unpaired) electrons. The van der Waals surface area contributed by atoms with Crippen LogP contribution in [-0.2, 0) is 4.74 Å². The summed E-state index contributed by atoms with van der Waals surface area (Å²) in [6.45, 7) is 9.78. The molecule has 0 aromatic heterocycles. The van der Waals surface area contributed by atoms with Crippen LogP contribution in [-0.4, -0.2) is 46.3 Å². The second-order valence-corrected chi connectivity index (χ2v) is 12.5. The van der Waals surface area contributed by atoms with E-state index in [-0.39, 0.29) is 12.0 Å². The first-order valence-electron chi connectivity index (χ1n) is 13.0. The topological polar surface area (TPSA) is 69.9 Å². The monoisotopic (exact) mass is 432 g/mol. The first kappa shape index (κ1) is 22.4. The summed E-state index contributed by atoms with van der Waals surface area (Å²) in [4.78, 5) is 0. The summed E-state index contributed by atoms with van der Waals surface area (Å²) in [5.74, 6) is 3.64. The van der Waals surface area contributed by atoms with E-state index >= 15 is 0 Å². The molecule has 0 aromatic rings. The number of aliphatic hydroxyl groups is 3. The maximum atomic E-state index is 10.5. The molecule has 3 saturated carbocycles. The molecule has 31 heavy (non-hydrogen) atoms. The average Bonchev–Trinajstić information content (AvgIpc) is 3.21. The summed E-state index contributed by atoms with van der Waals surface area (Å²) < 4.78 is 6.72. The molecule has 5 rings (SSSR count). The van der Waals surface area contributed by atoms with Crippen molar-refractivity contribution in [3.05, 3.63) is 11.6 Å². The lowest BCUT2D eigenvalue weighted by molar-refractivity contribution is -0.0896. The molecule has 3 N–H and O–H groups in total. The number of fused-ring (bicyclic) bond motifs is 7. The van der Waals surface area contributed by atoms with Crippen molar-refractivity contribution in [2.75, 3.05) is 6.61 Å². The Morgan fingerprint density at radius 2 is 1.97 bits per heavy atom. The van der Waals surface area contributed by atoms with Gasteiger partial charge >= 0.3 is 0 Å². The van der Waals surface area contributed by atoms with Gasteiger partial charge in [0.15, 0.2) is 0 Å². The third-order valence-electron chi connectivity index (χ3n) is 11.0. The minimum absolute atomic E-state index is 0.0516. The first-order valence-corrected chi connectivity index (χ1v) is 13.0. The van der Waals surface area contributed by atoms with Crippen LogP contribution < -0.4 is 0 Å². The molecule has 0 bridgehead atoms. The zero-order valence-electron chi connectivity index (χ0n) is 20.0. The summed E-state index contributed by atoms with van der Waals surface area (Å²) >= 11 is 0. The largest absolute Gasteiger partial charge is 0.396 e. The molecule has 1 saturated heterocycles. The van der Waals surface area contributed by atoms with Gasteiger partial charge in [0.1, 0.15) is 0 Å². The van der Waals surface area contributed by atoms with Gasteiger partial charge in [0, 0.05) is 6.61 Å². The van der Waals surface area contributed by atoms with Gasteiger partial charge in [0.2, 0.25) is 0 Å². The van der Waals surface area contributed by atoms with E-state index in [1.54, 1.807) is 0 Å². The Labute approximate surface area is 188 Å². The first-order chi connectivity index (χ1) is 14.7. The zero-order valence-corrected chi connectivity index (χ0v) is 20.0. The number of ether oxygens (including phenoxy) is 1. The van der Waals surface area contributed by atoms with Crippen molar-refractivity contribution in [2.45, 2.75) is 103 Å². The van der Waals surface area contributed by atoms with E-state index in [2.05, 4.69) is 33.8 Å². The summed E-state index contributed by atoms with van der Waals surface area (Å²) in [6, 6.07) is 0. The molecule has 0 unspecified atom stereocenters. The molecule has 1 aliphatic heterocycles. The van der Waals surface area contributed by atoms with Crippen LogP contribution in [0, 0.1) is 46.3 Å². The Bertz CT molecular complexity index is 720. The van der Waals surface area contributed by atoms with Crippen molar-refractivity contribution < 1.29 is 20.1 Å². The molecular formula is C27H44O4. The van der Waals surface area contributed by atoms with E-state index < -0.39 is 12.2 Å². The number of rotatable bonds is 4. The van der Waals surface area contributed by atoms with E-state index in [4.69, 9.17) is 4.74 Å². The van der Waals surface area contributed by atoms with Crippen molar-refractivity contribution in [3.63, 3.8) is 0 Å². The van der Waals surface area contributed by atoms with Gasteiger partial charge in [-0.05, 0) is 97.7 Å². The molecular weight excluding hydrogens is 388 g/mol. The molecule has 4 aliphatic carbocycles. The minimum Gasteiger partial charge on any atom is -0.396 e. The van der Waals surface area contributed by atoms with E-state index in [1.165, 1.54) is 24.8 Å². The fourth-order valence-corrected chi connectivity index (χ4v) is 9.24. The normalized spacial score (nSPS) is 54.4. The van der Waals surface area contributed by atoms with Crippen LogP contribution in [0.1, 0.15) is 79.1 Å². The fraction of sp³-hybridized carbons (Fsp3) is 0.926. The Morgan fingerprint density at radius 1 is 1.19 bits per heavy atom. The highest BCUT2D eigenvalue weighted by atomic mass is 16.5. The highest BCUT2D eigenvalue weighted by Gasteiger charge is 2.65. The lowest BCUT2D eigenvalue weighted by atomic mass is 9.46. The standard InChI is InChI=1S/C27H44O4/c1-15(14-28)5-8-23-16(2)25-24(31-23)12-20-18-7-6-17-11-21(29)22(30)13-27(17,4)19(18)9-10-26(20,25)3/h6,15-16,18-25,28-30H,5,7-14H2,1-4H3/t15-,16-,18-,19+,20+,21-,22-,23-,24+,25+,26+,27+/m1/s1. The van der Waals surface area contributed by atoms with Crippen LogP contribution in [0.5, 0.6) is 0 Å². The lowest BCUT2D eigenvalue weighted by Crippen LogP contribution is -2.53. The quantitative estimate of drug-likeness (QED) is 0.579. The van der Waals surface area contributed by atoms with Crippen LogP contribution in [0.3, 0.4) is 0 Å². The molecule has 4 nitrogen and oxygen atoms in total. The van der Waals surface area contributed by atoms with Gasteiger partial charge in [-0.15, -0.1) is 0 Å². The molecule has 176 valence electrons. The van der Waals surface area contributed by atoms with Crippen LogP contribution >= 0.6 is 0 Å². The van der Waals surface area contributed by atoms with Gasteiger partial charge in [-0.3, -0.25) is 0 Å². The zero-order chi connectivity index (χ0) is 22.1. The summed E-state index contributed by atoms with van der Waals surface area (Å²) in [5, 5.41) is 30.2. The van der Waals surface area contributed by atoms with Gasteiger partial charge < -0.3 is 20.1 Å². The van der Waals surface area contributed by atoms with Crippen LogP contribution in [0.25, 0.3) is 0 Å². The number of hydrogen-bond donors (Lipinski definition) is 3. The predicted molar refractivity (Wildman–Crippen MR) is 121 cm³/mol. The van der Waals surface area contributed by atoms with Gasteiger partial charge in [-0.1, -0.05) is 39.3 Å². The molecule has 5 aliphatic rings. The smallest absolute Gasteiger partial charge is 0.0836 e. The molecule has 4 fully saturated rings. The Kier molecular flexibility index (Phi) is 5.65. The van der Waals surface area contributed by atoms with Gasteiger partial charge in [0.25, 0.3) is 0 Å². The number of allylic oxidation sites excluding steroid dienone is 1. The summed E-state index contributed by atoms with van der Waals surface area (Å²) in [6.07, 6.45) is 10.4. The van der Waals surface area contributed by atoms with Crippen LogP contribution in [0.4, 0.5) is 0 Å². The van der Waals surface area contributed by atoms with Crippen molar-refractivity contribution in [1.82, 2.24) is 0 Å². The Balaban J connectivity index is 1.35. The average molecular weight is 433 g/mol. The van der Waals surface area contributed by atoms with Crippen molar-refractivity contribution >= 4 is 0 Å². The van der Waals surface area contributed by atoms with E-state index in [0.29, 0.717) is 59.6 Å². The van der Waals surface area contributed by atoms with Gasteiger partial charge in [-0.25, -0.2) is 0 Å². The molecule has 4 heteroatoms. The van der Waals surface area contributed by atoms with Crippen molar-refractivity contribution in [2.24, 2.45) is 46.3 Å². The second kappa shape index (κ2) is 7.82. The SMILES string of the molecule is C[C@@H](CO)CC[C@H]1O[C@H]2C[C@H]3[C@@H]4CC=C5C[C@@H](O)[C@H](O)C[C@]5(C)[C@H]4CC[C@]3(C)[C@H]2[C@@H]1C. The summed E-state index contributed by atoms with van der Waals surface area (Å²) in [7, 11) is 0. The third-order valence-corrected chi connectivity index (χ3v) is 11.0. The number of hydrogen-bond acceptors (Lipinski definition) is 4. The van der Waals surface area contributed by atoms with E-state index in [0.717, 1.165) is 25.7 Å². The molecule has 12 atom stereocenters. The molecule has 0 amide bonds. The molecule has 0 spiro atoms. The Hall–Kier alpha value is -0.420. The van der Waals surface area contributed by atoms with Gasteiger partial charge in [-0.2, -0.15) is 0 Å².